The van der Waals surface area contributed by atoms with Gasteiger partial charge < -0.3 is 4.74 Å². The van der Waals surface area contributed by atoms with Gasteiger partial charge >= 0.3 is 0 Å². The molecule has 0 aromatic heterocycles. The minimum atomic E-state index is -3.85. The van der Waals surface area contributed by atoms with Crippen LogP contribution in [0.2, 0.25) is 10.0 Å². The van der Waals surface area contributed by atoms with E-state index in [0.29, 0.717) is 33.4 Å². The average molecular weight is 574 g/mol. The van der Waals surface area contributed by atoms with Crippen LogP contribution in [-0.4, -0.2) is 45.6 Å². The fraction of sp³-hybridized carbons (Fsp3) is 0.400. The Labute approximate surface area is 236 Å². The first-order valence-electron chi connectivity index (χ1n) is 13.3. The third-order valence-corrected chi connectivity index (χ3v) is 10.7. The third kappa shape index (κ3) is 5.69. The summed E-state index contributed by atoms with van der Waals surface area (Å²) in [5.41, 5.74) is 1.95. The Morgan fingerprint density at radius 1 is 0.842 bits per heavy atom. The largest absolute Gasteiger partial charge is 0.497 e. The van der Waals surface area contributed by atoms with Gasteiger partial charge in [0.15, 0.2) is 0 Å². The van der Waals surface area contributed by atoms with Crippen molar-refractivity contribution in [3.05, 3.63) is 88.4 Å². The molecule has 3 aromatic rings. The van der Waals surface area contributed by atoms with Crippen LogP contribution in [0.4, 0.5) is 5.69 Å². The highest BCUT2D eigenvalue weighted by Gasteiger charge is 2.38. The number of halogens is 2. The maximum atomic E-state index is 14.0. The van der Waals surface area contributed by atoms with Crippen LogP contribution in [-0.2, 0) is 10.0 Å². The number of nitrogens with zero attached hydrogens (tertiary/aromatic N) is 2. The zero-order valence-corrected chi connectivity index (χ0v) is 23.9. The van der Waals surface area contributed by atoms with Gasteiger partial charge in [-0.3, -0.25) is 9.21 Å². The Morgan fingerprint density at radius 2 is 1.53 bits per heavy atom. The molecule has 5 rings (SSSR count). The number of benzene rings is 3. The van der Waals surface area contributed by atoms with Gasteiger partial charge in [0.1, 0.15) is 5.75 Å². The highest BCUT2D eigenvalue weighted by atomic mass is 35.5. The number of likely N-dealkylation sites (tertiary alicyclic amines) is 1. The maximum absolute atomic E-state index is 14.0. The van der Waals surface area contributed by atoms with Crippen molar-refractivity contribution in [3.8, 4) is 5.75 Å². The number of methoxy groups -OCH3 is 1. The number of hydrogen-bond donors (Lipinski definition) is 0. The van der Waals surface area contributed by atoms with E-state index < -0.39 is 10.0 Å². The van der Waals surface area contributed by atoms with Crippen LogP contribution in [0.15, 0.2) is 77.7 Å². The van der Waals surface area contributed by atoms with E-state index in [9.17, 15) is 8.42 Å². The second-order valence-electron chi connectivity index (χ2n) is 10.2. The molecule has 202 valence electrons. The first kappa shape index (κ1) is 27.3. The number of anilines is 1. The van der Waals surface area contributed by atoms with Gasteiger partial charge in [-0.15, -0.1) is 0 Å². The summed E-state index contributed by atoms with van der Waals surface area (Å²) < 4.78 is 34.9. The van der Waals surface area contributed by atoms with Gasteiger partial charge in [-0.2, -0.15) is 0 Å². The summed E-state index contributed by atoms with van der Waals surface area (Å²) in [7, 11) is -2.28. The van der Waals surface area contributed by atoms with Gasteiger partial charge in [0.25, 0.3) is 10.0 Å². The van der Waals surface area contributed by atoms with Gasteiger partial charge in [0.2, 0.25) is 0 Å². The van der Waals surface area contributed by atoms with Crippen molar-refractivity contribution in [2.24, 2.45) is 0 Å². The van der Waals surface area contributed by atoms with E-state index in [1.165, 1.54) is 31.2 Å². The van der Waals surface area contributed by atoms with E-state index >= 15 is 0 Å². The van der Waals surface area contributed by atoms with Crippen molar-refractivity contribution >= 4 is 38.9 Å². The fourth-order valence-corrected chi connectivity index (χ4v) is 8.11. The van der Waals surface area contributed by atoms with Crippen molar-refractivity contribution in [3.63, 3.8) is 0 Å². The number of sulfonamides is 1. The summed E-state index contributed by atoms with van der Waals surface area (Å²) in [4.78, 5) is 2.82. The molecule has 8 heteroatoms. The topological polar surface area (TPSA) is 49.9 Å². The van der Waals surface area contributed by atoms with Crippen LogP contribution >= 0.6 is 23.2 Å². The first-order valence-corrected chi connectivity index (χ1v) is 15.5. The molecule has 1 saturated heterocycles. The van der Waals surface area contributed by atoms with Crippen LogP contribution in [0, 0.1) is 0 Å². The summed E-state index contributed by atoms with van der Waals surface area (Å²) in [6.45, 7) is 1.71. The van der Waals surface area contributed by atoms with E-state index in [0.717, 1.165) is 25.9 Å². The molecule has 1 saturated carbocycles. The van der Waals surface area contributed by atoms with Crippen LogP contribution in [0.1, 0.15) is 50.0 Å². The van der Waals surface area contributed by atoms with Crippen molar-refractivity contribution < 1.29 is 13.2 Å². The zero-order valence-electron chi connectivity index (χ0n) is 21.6. The van der Waals surface area contributed by atoms with Crippen molar-refractivity contribution in [1.82, 2.24) is 4.90 Å². The predicted octanol–water partition coefficient (Wildman–Crippen LogP) is 7.39. The second-order valence-corrected chi connectivity index (χ2v) is 12.8. The molecule has 5 nitrogen and oxygen atoms in total. The number of piperidine rings is 1. The van der Waals surface area contributed by atoms with Crippen LogP contribution in [0.25, 0.3) is 0 Å². The second kappa shape index (κ2) is 11.9. The van der Waals surface area contributed by atoms with Crippen molar-refractivity contribution in [2.45, 2.75) is 61.4 Å². The maximum Gasteiger partial charge on any atom is 0.264 e. The molecule has 0 amide bonds. The highest BCUT2D eigenvalue weighted by molar-refractivity contribution is 7.92. The molecule has 1 heterocycles. The molecule has 3 aromatic carbocycles. The number of rotatable bonds is 7. The van der Waals surface area contributed by atoms with E-state index in [-0.39, 0.29) is 10.9 Å². The van der Waals surface area contributed by atoms with Gasteiger partial charge in [-0.05, 0) is 79.6 Å². The summed E-state index contributed by atoms with van der Waals surface area (Å²) in [6, 6.07) is 22.8. The molecule has 2 aliphatic rings. The van der Waals surface area contributed by atoms with E-state index in [2.05, 4.69) is 35.2 Å². The molecule has 2 atom stereocenters. The quantitative estimate of drug-likeness (QED) is 0.296. The lowest BCUT2D eigenvalue weighted by atomic mass is 9.78. The van der Waals surface area contributed by atoms with Crippen LogP contribution < -0.4 is 9.04 Å². The molecule has 1 aliphatic heterocycles. The summed E-state index contributed by atoms with van der Waals surface area (Å²) in [5.74, 6) is 1.13. The molecule has 38 heavy (non-hydrogen) atoms. The van der Waals surface area contributed by atoms with Gasteiger partial charge in [-0.1, -0.05) is 66.4 Å². The Hall–Kier alpha value is -2.25. The van der Waals surface area contributed by atoms with Gasteiger partial charge in [0, 0.05) is 25.2 Å². The summed E-state index contributed by atoms with van der Waals surface area (Å²) in [6.07, 6.45) is 6.38. The molecular weight excluding hydrogens is 539 g/mol. The predicted molar refractivity (Wildman–Crippen MR) is 155 cm³/mol. The van der Waals surface area contributed by atoms with Crippen LogP contribution in [0.5, 0.6) is 5.75 Å². The molecule has 2 unspecified atom stereocenters. The number of hydrogen-bond acceptors (Lipinski definition) is 4. The molecule has 0 spiro atoms. The number of ether oxygens (including phenoxy) is 1. The van der Waals surface area contributed by atoms with E-state index in [4.69, 9.17) is 27.9 Å². The normalized spacial score (nSPS) is 21.2. The monoisotopic (exact) mass is 572 g/mol. The standard InChI is InChI=1S/C30H34Cl2N2O3S/c1-37-25-12-14-26(15-13-25)38(35,36)34(24-11-16-28(31)29(32)21-24)23-17-19-33(20-18-23)30-10-6-5-9-27(30)22-7-3-2-4-8-22/h2-4,7-8,11-16,21,23,27,30H,5-6,9-10,17-20H2,1H3. The highest BCUT2D eigenvalue weighted by Crippen LogP contribution is 2.39. The van der Waals surface area contributed by atoms with Gasteiger partial charge in [0.05, 0.1) is 27.7 Å². The summed E-state index contributed by atoms with van der Waals surface area (Å²) in [5, 5.41) is 0.737. The zero-order chi connectivity index (χ0) is 26.7. The Kier molecular flexibility index (Phi) is 8.53. The molecular formula is C30H34Cl2N2O3S. The lowest BCUT2D eigenvalue weighted by molar-refractivity contribution is 0.107. The van der Waals surface area contributed by atoms with E-state index in [1.54, 1.807) is 53.9 Å². The van der Waals surface area contributed by atoms with Crippen LogP contribution in [0.3, 0.4) is 0 Å². The minimum Gasteiger partial charge on any atom is -0.497 e. The molecule has 0 radical (unpaired) electrons. The first-order chi connectivity index (χ1) is 18.4. The Balaban J connectivity index is 1.41. The lowest BCUT2D eigenvalue weighted by Crippen LogP contribution is -2.51. The van der Waals surface area contributed by atoms with E-state index in [1.807, 2.05) is 0 Å². The Morgan fingerprint density at radius 3 is 2.18 bits per heavy atom. The fourth-order valence-electron chi connectivity index (χ4n) is 6.12. The lowest BCUT2D eigenvalue weighted by Gasteiger charge is -2.45. The van der Waals surface area contributed by atoms with Crippen molar-refractivity contribution in [2.75, 3.05) is 24.5 Å². The smallest absolute Gasteiger partial charge is 0.264 e. The van der Waals surface area contributed by atoms with Gasteiger partial charge in [-0.25, -0.2) is 8.42 Å². The van der Waals surface area contributed by atoms with Crippen molar-refractivity contribution in [1.29, 1.82) is 0 Å². The SMILES string of the molecule is COc1ccc(S(=O)(=O)N(c2ccc(Cl)c(Cl)c2)C2CCN(C3CCCCC3c3ccccc3)CC2)cc1. The third-order valence-electron chi connectivity index (χ3n) is 8.03. The molecule has 1 aliphatic carbocycles. The molecule has 2 fully saturated rings. The molecule has 0 bridgehead atoms. The minimum absolute atomic E-state index is 0.186. The Bertz CT molecular complexity index is 1330. The summed E-state index contributed by atoms with van der Waals surface area (Å²) >= 11 is 12.5. The molecule has 0 N–H and O–H groups in total. The average Bonchev–Trinajstić information content (AvgIpc) is 2.96.